The lowest BCUT2D eigenvalue weighted by Crippen LogP contribution is -2.39. The summed E-state index contributed by atoms with van der Waals surface area (Å²) in [4.78, 5) is 40.4. The minimum absolute atomic E-state index is 0.00892. The largest absolute Gasteiger partial charge is 0.475 e. The average molecular weight is 579 g/mol. The second-order valence-corrected chi connectivity index (χ2v) is 11.1. The summed E-state index contributed by atoms with van der Waals surface area (Å²) >= 11 is 1.19. The van der Waals surface area contributed by atoms with E-state index in [1.165, 1.54) is 17.8 Å². The summed E-state index contributed by atoms with van der Waals surface area (Å²) in [5, 5.41) is 12.1. The number of aryl methyl sites for hydroxylation is 1. The number of imidazole rings is 1. The molecule has 1 heterocycles. The van der Waals surface area contributed by atoms with Gasteiger partial charge in [-0.15, -0.1) is 11.8 Å². The summed E-state index contributed by atoms with van der Waals surface area (Å²) in [7, 11) is -4.20. The molecule has 206 valence electrons. The molecule has 0 spiro atoms. The molecule has 40 heavy (non-hydrogen) atoms. The van der Waals surface area contributed by atoms with E-state index in [2.05, 4.69) is 15.0 Å². The van der Waals surface area contributed by atoms with E-state index in [4.69, 9.17) is 0 Å². The molecule has 10 nitrogen and oxygen atoms in total. The van der Waals surface area contributed by atoms with Gasteiger partial charge in [0, 0.05) is 18.7 Å². The number of amides is 2. The molecule has 0 fully saturated rings. The molecule has 0 saturated heterocycles. The Morgan fingerprint density at radius 2 is 1.57 bits per heavy atom. The maximum absolute atomic E-state index is 13.1. The van der Waals surface area contributed by atoms with Crippen molar-refractivity contribution in [3.8, 4) is 11.1 Å². The first-order chi connectivity index (χ1) is 19.1. The quantitative estimate of drug-likeness (QED) is 0.145. The number of aromatic nitrogens is 2. The van der Waals surface area contributed by atoms with Crippen LogP contribution < -0.4 is 10.0 Å². The number of carboxylic acids is 1. The highest BCUT2D eigenvalue weighted by Gasteiger charge is 2.26. The summed E-state index contributed by atoms with van der Waals surface area (Å²) in [5.41, 5.74) is 2.56. The highest BCUT2D eigenvalue weighted by molar-refractivity contribution is 7.98. The number of sulfonamides is 1. The fraction of sp³-hybridized carbons (Fsp3) is 0.143. The maximum Gasteiger partial charge on any atom is 0.378 e. The average Bonchev–Trinajstić information content (AvgIpc) is 3.26. The number of nitrogens with zero attached hydrogens (tertiary/aromatic N) is 2. The maximum atomic E-state index is 13.1. The first-order valence-electron chi connectivity index (χ1n) is 12.0. The van der Waals surface area contributed by atoms with E-state index in [-0.39, 0.29) is 23.7 Å². The summed E-state index contributed by atoms with van der Waals surface area (Å²) in [6, 6.07) is 21.5. The van der Waals surface area contributed by atoms with E-state index in [9.17, 15) is 27.9 Å². The topological polar surface area (TPSA) is 147 Å². The number of carboxylic acid groups (broad SMARTS) is 1. The molecule has 0 aliphatic heterocycles. The molecule has 4 aromatic rings. The zero-order chi connectivity index (χ0) is 28.9. The number of Topliss-reactive ketones (excluding diaryl/α,β-unsaturated/α-hetero) is 1. The van der Waals surface area contributed by atoms with Crippen molar-refractivity contribution in [2.75, 3.05) is 6.26 Å². The van der Waals surface area contributed by atoms with E-state index < -0.39 is 27.8 Å². The molecule has 0 bridgehead atoms. The molecule has 3 aromatic carbocycles. The lowest BCUT2D eigenvalue weighted by Gasteiger charge is -2.13. The van der Waals surface area contributed by atoms with Gasteiger partial charge in [0.1, 0.15) is 16.5 Å². The van der Waals surface area contributed by atoms with E-state index in [1.807, 2.05) is 30.3 Å². The van der Waals surface area contributed by atoms with Crippen LogP contribution in [0, 0.1) is 6.92 Å². The fourth-order valence-corrected chi connectivity index (χ4v) is 5.88. The van der Waals surface area contributed by atoms with Gasteiger partial charge in [-0.05, 0) is 35.9 Å². The molecule has 0 aliphatic rings. The van der Waals surface area contributed by atoms with Crippen molar-refractivity contribution in [3.63, 3.8) is 0 Å². The van der Waals surface area contributed by atoms with E-state index in [0.29, 0.717) is 22.0 Å². The zero-order valence-electron chi connectivity index (χ0n) is 21.6. The van der Waals surface area contributed by atoms with Gasteiger partial charge in [0.15, 0.2) is 0 Å². The predicted molar refractivity (Wildman–Crippen MR) is 151 cm³/mol. The second kappa shape index (κ2) is 12.2. The van der Waals surface area contributed by atoms with Crippen molar-refractivity contribution in [2.24, 2.45) is 0 Å². The van der Waals surface area contributed by atoms with Gasteiger partial charge in [-0.25, -0.2) is 27.7 Å². The molecule has 0 saturated carbocycles. The van der Waals surface area contributed by atoms with E-state index >= 15 is 0 Å². The van der Waals surface area contributed by atoms with Crippen molar-refractivity contribution < 1.29 is 27.9 Å². The smallest absolute Gasteiger partial charge is 0.378 e. The van der Waals surface area contributed by atoms with Crippen molar-refractivity contribution in [1.82, 2.24) is 19.6 Å². The van der Waals surface area contributed by atoms with E-state index in [1.54, 1.807) is 60.2 Å². The Labute approximate surface area is 235 Å². The molecule has 12 heteroatoms. The number of rotatable bonds is 10. The Kier molecular flexibility index (Phi) is 8.70. The minimum Gasteiger partial charge on any atom is -0.475 e. The molecule has 2 amide bonds. The third-order valence-corrected chi connectivity index (χ3v) is 8.09. The molecule has 1 aromatic heterocycles. The lowest BCUT2D eigenvalue weighted by molar-refractivity contribution is -0.131. The fourth-order valence-electron chi connectivity index (χ4n) is 4.10. The van der Waals surface area contributed by atoms with Gasteiger partial charge in [0.05, 0.1) is 4.90 Å². The minimum atomic E-state index is -4.20. The molecule has 3 N–H and O–H groups in total. The molecule has 0 atom stereocenters. The van der Waals surface area contributed by atoms with Gasteiger partial charge >= 0.3 is 12.0 Å². The van der Waals surface area contributed by atoms with Crippen LogP contribution in [0.15, 0.2) is 88.8 Å². The number of hydrogen-bond acceptors (Lipinski definition) is 7. The van der Waals surface area contributed by atoms with Crippen LogP contribution >= 0.6 is 11.8 Å². The molecule has 0 unspecified atom stereocenters. The van der Waals surface area contributed by atoms with Gasteiger partial charge in [0.2, 0.25) is 0 Å². The Hall–Kier alpha value is -4.42. The summed E-state index contributed by atoms with van der Waals surface area (Å²) < 4.78 is 29.8. The Morgan fingerprint density at radius 1 is 0.925 bits per heavy atom. The van der Waals surface area contributed by atoms with Crippen molar-refractivity contribution >= 4 is 39.6 Å². The first kappa shape index (κ1) is 28.6. The summed E-state index contributed by atoms with van der Waals surface area (Å²) in [6.07, 6.45) is 1.72. The molecular formula is C28H26N4O6S2. The number of urea groups is 1. The van der Waals surface area contributed by atoms with Gasteiger partial charge in [0.25, 0.3) is 15.8 Å². The number of nitrogens with one attached hydrogen (secondary N) is 2. The van der Waals surface area contributed by atoms with Gasteiger partial charge in [-0.1, -0.05) is 72.8 Å². The lowest BCUT2D eigenvalue weighted by atomic mass is 10.0. The Morgan fingerprint density at radius 3 is 2.23 bits per heavy atom. The van der Waals surface area contributed by atoms with Crippen LogP contribution in [0.4, 0.5) is 4.79 Å². The van der Waals surface area contributed by atoms with Crippen LogP contribution in [-0.2, 0) is 27.9 Å². The van der Waals surface area contributed by atoms with Crippen LogP contribution in [0.25, 0.3) is 11.1 Å². The van der Waals surface area contributed by atoms with Gasteiger partial charge < -0.3 is 15.0 Å². The Bertz CT molecular complexity index is 1670. The first-order valence-corrected chi connectivity index (χ1v) is 14.7. The second-order valence-electron chi connectivity index (χ2n) is 8.70. The van der Waals surface area contributed by atoms with Crippen molar-refractivity contribution in [2.45, 2.75) is 29.9 Å². The molecular weight excluding hydrogens is 552 g/mol. The number of carbonyl (C=O) groups is 3. The molecule has 0 aliphatic carbocycles. The van der Waals surface area contributed by atoms with Gasteiger partial charge in [-0.2, -0.15) is 0 Å². The van der Waals surface area contributed by atoms with Crippen LogP contribution in [0.3, 0.4) is 0 Å². The number of thioether (sulfide) groups is 1. The number of aliphatic carboxylic acids is 1. The number of hydrogen-bond donors (Lipinski definition) is 3. The Balaban J connectivity index is 1.55. The monoisotopic (exact) mass is 578 g/mol. The highest BCUT2D eigenvalue weighted by atomic mass is 32.2. The van der Waals surface area contributed by atoms with Crippen LogP contribution in [0.5, 0.6) is 0 Å². The van der Waals surface area contributed by atoms with Crippen LogP contribution in [-0.4, -0.2) is 47.1 Å². The van der Waals surface area contributed by atoms with Crippen LogP contribution in [0.1, 0.15) is 27.4 Å². The predicted octanol–water partition coefficient (Wildman–Crippen LogP) is 4.08. The third kappa shape index (κ3) is 6.41. The number of carbonyl (C=O) groups excluding carboxylic acids is 2. The number of ketones is 1. The summed E-state index contributed by atoms with van der Waals surface area (Å²) in [5.74, 6) is -2.11. The van der Waals surface area contributed by atoms with Gasteiger partial charge in [-0.3, -0.25) is 4.79 Å². The van der Waals surface area contributed by atoms with Crippen molar-refractivity contribution in [3.05, 3.63) is 102 Å². The standard InChI is InChI=1S/C28H26N4O6S2/c1-18-30-26(39-2)24(25(33)27(34)35)32(18)17-20-12-14-21(15-13-20)22-10-6-7-11-23(22)40(37,38)31-28(36)29-16-19-8-4-3-5-9-19/h3-15H,16-17H2,1-2H3,(H,34,35)(H2,29,31,36). The molecule has 0 radical (unpaired) electrons. The molecule has 4 rings (SSSR count). The third-order valence-electron chi connectivity index (χ3n) is 6.03. The zero-order valence-corrected chi connectivity index (χ0v) is 23.3. The highest BCUT2D eigenvalue weighted by Crippen LogP contribution is 2.28. The van der Waals surface area contributed by atoms with Crippen LogP contribution in [0.2, 0.25) is 0 Å². The van der Waals surface area contributed by atoms with E-state index in [0.717, 1.165) is 11.1 Å². The summed E-state index contributed by atoms with van der Waals surface area (Å²) in [6.45, 7) is 2.05. The number of benzene rings is 3. The normalized spacial score (nSPS) is 11.2. The van der Waals surface area contributed by atoms with Crippen molar-refractivity contribution in [1.29, 1.82) is 0 Å². The SMILES string of the molecule is CSc1nc(C)n(Cc2ccc(-c3ccccc3S(=O)(=O)NC(=O)NCc3ccccc3)cc2)c1C(=O)C(=O)O.